The molecule has 0 unspecified atom stereocenters. The summed E-state index contributed by atoms with van der Waals surface area (Å²) in [7, 11) is 0. The summed E-state index contributed by atoms with van der Waals surface area (Å²) in [5, 5.41) is 4.15. The van der Waals surface area contributed by atoms with Crippen molar-refractivity contribution in [3.8, 4) is 22.6 Å². The SMILES string of the molecule is c1ccc(-c2nc3c(ccc4oc5c(-c6ccc(N(c7ccccc7)c7cccc8oc9ccccc9c78)cc6)cccc5c43)o2)cc1. The monoisotopic (exact) mass is 618 g/mol. The minimum Gasteiger partial charge on any atom is -0.456 e. The van der Waals surface area contributed by atoms with Gasteiger partial charge in [-0.2, -0.15) is 0 Å². The largest absolute Gasteiger partial charge is 0.456 e. The quantitative estimate of drug-likeness (QED) is 0.192. The van der Waals surface area contributed by atoms with Crippen molar-refractivity contribution in [2.24, 2.45) is 0 Å². The molecular weight excluding hydrogens is 592 g/mol. The van der Waals surface area contributed by atoms with Crippen LogP contribution in [-0.4, -0.2) is 4.98 Å². The fourth-order valence-electron chi connectivity index (χ4n) is 6.94. The fourth-order valence-corrected chi connectivity index (χ4v) is 6.94. The highest BCUT2D eigenvalue weighted by molar-refractivity contribution is 6.19. The Hall–Kier alpha value is -6.59. The highest BCUT2D eigenvalue weighted by atomic mass is 16.4. The van der Waals surface area contributed by atoms with Gasteiger partial charge in [-0.1, -0.05) is 91.0 Å². The summed E-state index contributed by atoms with van der Waals surface area (Å²) >= 11 is 0. The number of oxazole rings is 1. The highest BCUT2D eigenvalue weighted by Crippen LogP contribution is 2.44. The van der Waals surface area contributed by atoms with E-state index in [9.17, 15) is 0 Å². The number of nitrogens with zero attached hydrogens (tertiary/aromatic N) is 2. The van der Waals surface area contributed by atoms with Crippen LogP contribution in [0.15, 0.2) is 171 Å². The first-order chi connectivity index (χ1) is 23.8. The van der Waals surface area contributed by atoms with Crippen LogP contribution in [0.2, 0.25) is 0 Å². The molecule has 0 aliphatic heterocycles. The first-order valence-corrected chi connectivity index (χ1v) is 16.0. The molecule has 0 aliphatic carbocycles. The van der Waals surface area contributed by atoms with E-state index in [0.29, 0.717) is 5.89 Å². The van der Waals surface area contributed by atoms with Gasteiger partial charge in [0, 0.05) is 33.3 Å². The summed E-state index contributed by atoms with van der Waals surface area (Å²) in [6.45, 7) is 0. The maximum absolute atomic E-state index is 6.56. The fraction of sp³-hybridized carbons (Fsp3) is 0. The molecule has 0 amide bonds. The second kappa shape index (κ2) is 10.5. The van der Waals surface area contributed by atoms with Crippen molar-refractivity contribution in [3.63, 3.8) is 0 Å². The number of hydrogen-bond donors (Lipinski definition) is 0. The van der Waals surface area contributed by atoms with Gasteiger partial charge in [-0.3, -0.25) is 0 Å². The van der Waals surface area contributed by atoms with Crippen molar-refractivity contribution in [2.75, 3.05) is 4.90 Å². The molecule has 3 aromatic heterocycles. The Labute approximate surface area is 274 Å². The molecule has 5 heteroatoms. The van der Waals surface area contributed by atoms with Gasteiger partial charge in [0.1, 0.15) is 27.8 Å². The van der Waals surface area contributed by atoms with Crippen molar-refractivity contribution in [1.29, 1.82) is 0 Å². The van der Waals surface area contributed by atoms with Crippen molar-refractivity contribution in [3.05, 3.63) is 158 Å². The van der Waals surface area contributed by atoms with Crippen LogP contribution in [0.4, 0.5) is 17.1 Å². The Morgan fingerprint density at radius 3 is 1.94 bits per heavy atom. The van der Waals surface area contributed by atoms with Gasteiger partial charge in [0.05, 0.1) is 16.5 Å². The molecule has 0 bridgehead atoms. The molecule has 226 valence electrons. The Morgan fingerprint density at radius 1 is 0.417 bits per heavy atom. The van der Waals surface area contributed by atoms with Crippen molar-refractivity contribution in [2.45, 2.75) is 0 Å². The van der Waals surface area contributed by atoms with E-state index in [-0.39, 0.29) is 0 Å². The van der Waals surface area contributed by atoms with Gasteiger partial charge in [-0.05, 0) is 72.3 Å². The lowest BCUT2D eigenvalue weighted by molar-refractivity contribution is 0.619. The molecule has 48 heavy (non-hydrogen) atoms. The average Bonchev–Trinajstić information content (AvgIpc) is 3.86. The van der Waals surface area contributed by atoms with Gasteiger partial charge in [0.25, 0.3) is 0 Å². The van der Waals surface area contributed by atoms with Crippen molar-refractivity contribution < 1.29 is 13.3 Å². The average molecular weight is 619 g/mol. The standard InChI is InChI=1S/C43H26N2O3/c1-3-11-28(12-4-1)43-44-41-38(48-43)26-25-37-40(41)33-17-9-16-31(42(33)47-37)27-21-23-30(24-22-27)45(29-13-5-2-6-14-29)34-18-10-20-36-39(34)32-15-7-8-19-35(32)46-36/h1-26H. The van der Waals surface area contributed by atoms with Crippen molar-refractivity contribution in [1.82, 2.24) is 4.98 Å². The number of benzene rings is 7. The third-order valence-corrected chi connectivity index (χ3v) is 9.11. The first kappa shape index (κ1) is 26.6. The Kier molecular flexibility index (Phi) is 5.81. The Morgan fingerprint density at radius 2 is 1.08 bits per heavy atom. The Bertz CT molecular complexity index is 2770. The number of fused-ring (bicyclic) bond motifs is 8. The lowest BCUT2D eigenvalue weighted by Crippen LogP contribution is -2.10. The minimum absolute atomic E-state index is 0.598. The van der Waals surface area contributed by atoms with Crippen LogP contribution < -0.4 is 4.90 Å². The zero-order valence-corrected chi connectivity index (χ0v) is 25.6. The number of rotatable bonds is 5. The van der Waals surface area contributed by atoms with Gasteiger partial charge < -0.3 is 18.2 Å². The number of anilines is 3. The topological polar surface area (TPSA) is 55.6 Å². The number of aromatic nitrogens is 1. The molecule has 3 heterocycles. The summed E-state index contributed by atoms with van der Waals surface area (Å²) in [6.07, 6.45) is 0. The van der Waals surface area contributed by atoms with E-state index in [0.717, 1.165) is 88.7 Å². The lowest BCUT2D eigenvalue weighted by atomic mass is 10.0. The Balaban J connectivity index is 1.11. The summed E-state index contributed by atoms with van der Waals surface area (Å²) in [5.41, 5.74) is 11.1. The zero-order valence-electron chi connectivity index (χ0n) is 25.6. The molecule has 0 spiro atoms. The van der Waals surface area contributed by atoms with Gasteiger partial charge in [-0.25, -0.2) is 4.98 Å². The molecule has 0 atom stereocenters. The molecule has 7 aromatic carbocycles. The third-order valence-electron chi connectivity index (χ3n) is 9.11. The van der Waals surface area contributed by atoms with Crippen LogP contribution in [0, 0.1) is 0 Å². The number of hydrogen-bond acceptors (Lipinski definition) is 5. The van der Waals surface area contributed by atoms with Crippen LogP contribution in [-0.2, 0) is 0 Å². The van der Waals surface area contributed by atoms with Crippen LogP contribution in [0.5, 0.6) is 0 Å². The summed E-state index contributed by atoms with van der Waals surface area (Å²) in [5.74, 6) is 0.598. The van der Waals surface area contributed by atoms with Crippen molar-refractivity contribution >= 4 is 72.0 Å². The van der Waals surface area contributed by atoms with E-state index in [1.165, 1.54) is 0 Å². The van der Waals surface area contributed by atoms with Crippen LogP contribution in [0.3, 0.4) is 0 Å². The van der Waals surface area contributed by atoms with E-state index in [1.54, 1.807) is 0 Å². The molecule has 0 fully saturated rings. The molecule has 0 aliphatic rings. The first-order valence-electron chi connectivity index (χ1n) is 16.0. The lowest BCUT2D eigenvalue weighted by Gasteiger charge is -2.26. The smallest absolute Gasteiger partial charge is 0.227 e. The molecule has 0 saturated carbocycles. The molecule has 0 saturated heterocycles. The molecular formula is C43H26N2O3. The van der Waals surface area contributed by atoms with Gasteiger partial charge >= 0.3 is 0 Å². The molecule has 0 N–H and O–H groups in total. The maximum atomic E-state index is 6.56. The zero-order chi connectivity index (χ0) is 31.6. The predicted octanol–water partition coefficient (Wildman–Crippen LogP) is 12.4. The minimum atomic E-state index is 0.598. The van der Waals surface area contributed by atoms with E-state index in [4.69, 9.17) is 18.2 Å². The molecule has 10 rings (SSSR count). The van der Waals surface area contributed by atoms with Gasteiger partial charge in [0.15, 0.2) is 5.58 Å². The number of para-hydroxylation sites is 3. The molecule has 5 nitrogen and oxygen atoms in total. The van der Waals surface area contributed by atoms with Crippen LogP contribution >= 0.6 is 0 Å². The summed E-state index contributed by atoms with van der Waals surface area (Å²) in [6, 6.07) is 53.8. The highest BCUT2D eigenvalue weighted by Gasteiger charge is 2.21. The predicted molar refractivity (Wildman–Crippen MR) is 194 cm³/mol. The van der Waals surface area contributed by atoms with E-state index in [1.807, 2.05) is 66.7 Å². The van der Waals surface area contributed by atoms with Crippen LogP contribution in [0.1, 0.15) is 0 Å². The maximum Gasteiger partial charge on any atom is 0.227 e. The van der Waals surface area contributed by atoms with E-state index >= 15 is 0 Å². The van der Waals surface area contributed by atoms with E-state index < -0.39 is 0 Å². The van der Waals surface area contributed by atoms with Gasteiger partial charge in [0.2, 0.25) is 5.89 Å². The summed E-state index contributed by atoms with van der Waals surface area (Å²) in [4.78, 5) is 7.22. The van der Waals surface area contributed by atoms with E-state index in [2.05, 4.69) is 95.9 Å². The second-order valence-corrected chi connectivity index (χ2v) is 11.9. The van der Waals surface area contributed by atoms with Gasteiger partial charge in [-0.15, -0.1) is 0 Å². The normalized spacial score (nSPS) is 11.8. The number of furan rings is 2. The third kappa shape index (κ3) is 4.08. The molecule has 10 aromatic rings. The second-order valence-electron chi connectivity index (χ2n) is 11.9. The van der Waals surface area contributed by atoms with Crippen LogP contribution in [0.25, 0.3) is 77.6 Å². The summed E-state index contributed by atoms with van der Waals surface area (Å²) < 4.78 is 19.0. The molecule has 0 radical (unpaired) electrons.